The molecule has 0 radical (unpaired) electrons. The van der Waals surface area contributed by atoms with Crippen molar-refractivity contribution in [1.82, 2.24) is 15.2 Å². The minimum atomic E-state index is -0.168. The average molecular weight is 440 g/mol. The largest absolute Gasteiger partial charge is 0.369 e. The maximum atomic E-state index is 13.5. The fourth-order valence-electron chi connectivity index (χ4n) is 4.70. The van der Waals surface area contributed by atoms with E-state index in [0.717, 1.165) is 68.2 Å². The highest BCUT2D eigenvalue weighted by molar-refractivity contribution is 7.14. The summed E-state index contributed by atoms with van der Waals surface area (Å²) in [5.74, 6) is 0.179. The minimum Gasteiger partial charge on any atom is -0.369 e. The lowest BCUT2D eigenvalue weighted by Gasteiger charge is -2.40. The van der Waals surface area contributed by atoms with E-state index in [4.69, 9.17) is 4.74 Å². The summed E-state index contributed by atoms with van der Waals surface area (Å²) in [5, 5.41) is 6.51. The number of amides is 1. The van der Waals surface area contributed by atoms with Crippen molar-refractivity contribution >= 4 is 41.0 Å². The van der Waals surface area contributed by atoms with E-state index in [2.05, 4.69) is 21.3 Å². The maximum absolute atomic E-state index is 13.5. The molecule has 28 heavy (non-hydrogen) atoms. The Bertz CT molecular complexity index is 818. The zero-order chi connectivity index (χ0) is 18.3. The summed E-state index contributed by atoms with van der Waals surface area (Å²) < 4.78 is 6.29. The van der Waals surface area contributed by atoms with E-state index in [-0.39, 0.29) is 30.0 Å². The van der Waals surface area contributed by atoms with Gasteiger partial charge in [-0.25, -0.2) is 4.98 Å². The summed E-state index contributed by atoms with van der Waals surface area (Å²) in [6, 6.07) is 2.29. The number of likely N-dealkylation sites (tertiary alicyclic amines) is 1. The first-order chi connectivity index (χ1) is 13.3. The van der Waals surface area contributed by atoms with Crippen LogP contribution in [0.15, 0.2) is 17.6 Å². The first-order valence-electron chi connectivity index (χ1n) is 9.95. The number of carbonyl (C=O) groups excluding carboxylic acids is 1. The molecule has 5 rings (SSSR count). The van der Waals surface area contributed by atoms with E-state index >= 15 is 0 Å². The molecule has 3 aliphatic rings. The highest BCUT2D eigenvalue weighted by Crippen LogP contribution is 2.45. The molecular weight excluding hydrogens is 414 g/mol. The lowest BCUT2D eigenvalue weighted by atomic mass is 9.86. The SMILES string of the molecule is Cl.O=C(c1cc2c(s1)C1(CCNCC1)OCC2)N1CCCCC1c1nccs1. The molecule has 1 atom stereocenters. The fraction of sp³-hybridized carbons (Fsp3) is 0.600. The third-order valence-electron chi connectivity index (χ3n) is 6.09. The van der Waals surface area contributed by atoms with E-state index in [0.29, 0.717) is 0 Å². The molecule has 1 unspecified atom stereocenters. The van der Waals surface area contributed by atoms with Gasteiger partial charge in [0.2, 0.25) is 0 Å². The Hall–Kier alpha value is -0.990. The third kappa shape index (κ3) is 3.52. The number of hydrogen-bond acceptors (Lipinski definition) is 6. The quantitative estimate of drug-likeness (QED) is 0.763. The van der Waals surface area contributed by atoms with Crippen LogP contribution in [0, 0.1) is 0 Å². The number of rotatable bonds is 2. The molecule has 8 heteroatoms. The second-order valence-corrected chi connectivity index (χ2v) is 9.67. The second-order valence-electron chi connectivity index (χ2n) is 7.69. The van der Waals surface area contributed by atoms with Crippen molar-refractivity contribution in [3.63, 3.8) is 0 Å². The maximum Gasteiger partial charge on any atom is 0.264 e. The molecular formula is C20H26ClN3O2S2. The summed E-state index contributed by atoms with van der Waals surface area (Å²) in [5.41, 5.74) is 1.16. The molecule has 1 spiro atoms. The van der Waals surface area contributed by atoms with Crippen LogP contribution in [-0.4, -0.2) is 42.0 Å². The molecule has 0 aliphatic carbocycles. The summed E-state index contributed by atoms with van der Waals surface area (Å²) in [4.78, 5) is 22.2. The molecule has 2 fully saturated rings. The van der Waals surface area contributed by atoms with Gasteiger partial charge in [0.15, 0.2) is 0 Å². The predicted octanol–water partition coefficient (Wildman–Crippen LogP) is 4.15. The van der Waals surface area contributed by atoms with Gasteiger partial charge < -0.3 is 15.0 Å². The second kappa shape index (κ2) is 8.40. The first kappa shape index (κ1) is 20.3. The number of nitrogens with one attached hydrogen (secondary N) is 1. The van der Waals surface area contributed by atoms with Crippen LogP contribution in [0.5, 0.6) is 0 Å². The number of nitrogens with zero attached hydrogens (tertiary/aromatic N) is 2. The number of carbonyl (C=O) groups is 1. The predicted molar refractivity (Wildman–Crippen MR) is 115 cm³/mol. The number of fused-ring (bicyclic) bond motifs is 2. The molecule has 2 aromatic heterocycles. The van der Waals surface area contributed by atoms with Crippen molar-refractivity contribution < 1.29 is 9.53 Å². The normalized spacial score (nSPS) is 23.9. The van der Waals surface area contributed by atoms with Gasteiger partial charge >= 0.3 is 0 Å². The highest BCUT2D eigenvalue weighted by atomic mass is 35.5. The van der Waals surface area contributed by atoms with Crippen molar-refractivity contribution in [2.24, 2.45) is 0 Å². The van der Waals surface area contributed by atoms with Gasteiger partial charge in [-0.1, -0.05) is 0 Å². The number of thiophene rings is 1. The van der Waals surface area contributed by atoms with Gasteiger partial charge in [0.05, 0.1) is 17.5 Å². The van der Waals surface area contributed by atoms with E-state index in [1.54, 1.807) is 22.7 Å². The minimum absolute atomic E-state index is 0. The molecule has 0 saturated carbocycles. The number of ether oxygens (including phenoxy) is 1. The summed E-state index contributed by atoms with van der Waals surface area (Å²) in [6.07, 6.45) is 8.03. The molecule has 3 aliphatic heterocycles. The van der Waals surface area contributed by atoms with Gasteiger partial charge in [-0.3, -0.25) is 4.79 Å². The number of aromatic nitrogens is 1. The molecule has 1 N–H and O–H groups in total. The lowest BCUT2D eigenvalue weighted by molar-refractivity contribution is -0.0771. The molecule has 0 aromatic carbocycles. The Balaban J connectivity index is 0.00000192. The fourth-order valence-corrected chi connectivity index (χ4v) is 6.85. The molecule has 5 nitrogen and oxygen atoms in total. The van der Waals surface area contributed by atoms with Gasteiger partial charge in [0.1, 0.15) is 10.6 Å². The van der Waals surface area contributed by atoms with Crippen LogP contribution in [-0.2, 0) is 16.8 Å². The summed E-state index contributed by atoms with van der Waals surface area (Å²) in [6.45, 7) is 3.57. The van der Waals surface area contributed by atoms with E-state index < -0.39 is 0 Å². The number of halogens is 1. The van der Waals surface area contributed by atoms with Crippen LogP contribution in [0.25, 0.3) is 0 Å². The van der Waals surface area contributed by atoms with Crippen LogP contribution < -0.4 is 5.32 Å². The van der Waals surface area contributed by atoms with Gasteiger partial charge in [-0.2, -0.15) is 0 Å². The zero-order valence-electron chi connectivity index (χ0n) is 15.8. The summed E-state index contributed by atoms with van der Waals surface area (Å²) in [7, 11) is 0. The third-order valence-corrected chi connectivity index (χ3v) is 8.32. The van der Waals surface area contributed by atoms with Crippen LogP contribution in [0.4, 0.5) is 0 Å². The highest BCUT2D eigenvalue weighted by Gasteiger charge is 2.42. The van der Waals surface area contributed by atoms with E-state index in [1.165, 1.54) is 16.9 Å². The molecule has 1 amide bonds. The van der Waals surface area contributed by atoms with Crippen molar-refractivity contribution in [1.29, 1.82) is 0 Å². The van der Waals surface area contributed by atoms with E-state index in [1.807, 2.05) is 11.6 Å². The van der Waals surface area contributed by atoms with Crippen LogP contribution in [0.1, 0.15) is 63.3 Å². The zero-order valence-corrected chi connectivity index (χ0v) is 18.3. The topological polar surface area (TPSA) is 54.5 Å². The van der Waals surface area contributed by atoms with Crippen molar-refractivity contribution in [2.45, 2.75) is 50.2 Å². The Morgan fingerprint density at radius 3 is 2.96 bits per heavy atom. The Kier molecular flexibility index (Phi) is 6.09. The Labute approximate surface area is 179 Å². The van der Waals surface area contributed by atoms with Crippen LogP contribution >= 0.6 is 35.1 Å². The van der Waals surface area contributed by atoms with Gasteiger partial charge in [-0.15, -0.1) is 35.1 Å². The number of thiazole rings is 1. The first-order valence-corrected chi connectivity index (χ1v) is 11.6. The molecule has 5 heterocycles. The van der Waals surface area contributed by atoms with Crippen molar-refractivity contribution in [2.75, 3.05) is 26.2 Å². The monoisotopic (exact) mass is 439 g/mol. The molecule has 0 bridgehead atoms. The number of hydrogen-bond donors (Lipinski definition) is 1. The van der Waals surface area contributed by atoms with Crippen molar-refractivity contribution in [3.8, 4) is 0 Å². The van der Waals surface area contributed by atoms with Crippen LogP contribution in [0.2, 0.25) is 0 Å². The molecule has 152 valence electrons. The van der Waals surface area contributed by atoms with Gasteiger partial charge in [0, 0.05) is 23.0 Å². The Morgan fingerprint density at radius 2 is 2.18 bits per heavy atom. The van der Waals surface area contributed by atoms with Crippen LogP contribution in [0.3, 0.4) is 0 Å². The molecule has 2 aromatic rings. The summed E-state index contributed by atoms with van der Waals surface area (Å²) >= 11 is 3.34. The Morgan fingerprint density at radius 1 is 1.32 bits per heavy atom. The van der Waals surface area contributed by atoms with Gasteiger partial charge in [0.25, 0.3) is 5.91 Å². The van der Waals surface area contributed by atoms with Crippen molar-refractivity contribution in [3.05, 3.63) is 38.0 Å². The van der Waals surface area contributed by atoms with E-state index in [9.17, 15) is 4.79 Å². The smallest absolute Gasteiger partial charge is 0.264 e. The standard InChI is InChI=1S/C20H25N3O2S2.ClH/c24-19(23-10-2-1-3-15(23)18-22-9-12-26-18)16-13-14-4-11-25-20(17(14)27-16)5-7-21-8-6-20;/h9,12-13,15,21H,1-8,10-11H2;1H. The van der Waals surface area contributed by atoms with Gasteiger partial charge in [-0.05, 0) is 63.2 Å². The average Bonchev–Trinajstić information content (AvgIpc) is 3.39. The number of piperidine rings is 2. The molecule has 2 saturated heterocycles. The lowest BCUT2D eigenvalue weighted by Crippen LogP contribution is -2.44.